The molecule has 1 aromatic carbocycles. The number of hydrogen-bond donors (Lipinski definition) is 0. The predicted octanol–water partition coefficient (Wildman–Crippen LogP) is 4.77. The summed E-state index contributed by atoms with van der Waals surface area (Å²) in [6.07, 6.45) is 6.38. The van der Waals surface area contributed by atoms with Gasteiger partial charge in [-0.2, -0.15) is 10.1 Å². The third-order valence-electron chi connectivity index (χ3n) is 4.86. The van der Waals surface area contributed by atoms with E-state index in [0.29, 0.717) is 5.88 Å². The average Bonchev–Trinajstić information content (AvgIpc) is 3.42. The van der Waals surface area contributed by atoms with E-state index >= 15 is 0 Å². The normalized spacial score (nSPS) is 16.3. The lowest BCUT2D eigenvalue weighted by molar-refractivity contribution is 0.397. The highest BCUT2D eigenvalue weighted by Crippen LogP contribution is 2.36. The van der Waals surface area contributed by atoms with E-state index < -0.39 is 0 Å². The molecule has 4 rings (SSSR count). The summed E-state index contributed by atoms with van der Waals surface area (Å²) in [7, 11) is 5.70. The molecule has 0 saturated carbocycles. The Kier molecular flexibility index (Phi) is 5.33. The number of methoxy groups -OCH3 is 1. The Morgan fingerprint density at radius 3 is 2.59 bits per heavy atom. The second-order valence-corrected chi connectivity index (χ2v) is 7.03. The molecule has 2 aromatic heterocycles. The summed E-state index contributed by atoms with van der Waals surface area (Å²) in [4.78, 5) is 6.68. The van der Waals surface area contributed by atoms with Crippen LogP contribution in [0.25, 0.3) is 6.08 Å². The summed E-state index contributed by atoms with van der Waals surface area (Å²) in [6, 6.07) is 18.1. The van der Waals surface area contributed by atoms with Crippen LogP contribution in [0.2, 0.25) is 0 Å². The third kappa shape index (κ3) is 4.16. The Morgan fingerprint density at radius 1 is 1.07 bits per heavy atom. The zero-order valence-corrected chi connectivity index (χ0v) is 16.8. The van der Waals surface area contributed by atoms with Crippen LogP contribution in [-0.4, -0.2) is 31.9 Å². The molecule has 3 aromatic rings. The van der Waals surface area contributed by atoms with Crippen molar-refractivity contribution in [3.63, 3.8) is 0 Å². The van der Waals surface area contributed by atoms with Crippen LogP contribution in [0.3, 0.4) is 0 Å². The number of ether oxygens (including phenoxy) is 1. The Morgan fingerprint density at radius 2 is 1.90 bits per heavy atom. The van der Waals surface area contributed by atoms with Crippen LogP contribution in [0.15, 0.2) is 76.5 Å². The second-order valence-electron chi connectivity index (χ2n) is 7.03. The van der Waals surface area contributed by atoms with Crippen LogP contribution >= 0.6 is 0 Å². The molecule has 148 valence electrons. The van der Waals surface area contributed by atoms with Gasteiger partial charge in [0, 0.05) is 32.3 Å². The number of nitrogens with zero attached hydrogens (tertiary/aromatic N) is 4. The number of anilines is 2. The summed E-state index contributed by atoms with van der Waals surface area (Å²) in [5, 5.41) is 6.81. The molecule has 0 N–H and O–H groups in total. The number of pyridine rings is 1. The molecule has 29 heavy (non-hydrogen) atoms. The van der Waals surface area contributed by atoms with Gasteiger partial charge >= 0.3 is 0 Å². The van der Waals surface area contributed by atoms with Crippen LogP contribution in [-0.2, 0) is 0 Å². The molecule has 0 amide bonds. The van der Waals surface area contributed by atoms with Crippen molar-refractivity contribution in [2.75, 3.05) is 31.1 Å². The Balaban J connectivity index is 1.66. The molecule has 1 atom stereocenters. The van der Waals surface area contributed by atoms with Crippen molar-refractivity contribution in [2.24, 2.45) is 5.10 Å². The van der Waals surface area contributed by atoms with Crippen LogP contribution in [0.1, 0.15) is 23.8 Å². The lowest BCUT2D eigenvalue weighted by atomic mass is 10.0. The van der Waals surface area contributed by atoms with E-state index in [1.165, 1.54) is 5.56 Å². The minimum atomic E-state index is 0.0575. The maximum Gasteiger partial charge on any atom is 0.214 e. The van der Waals surface area contributed by atoms with E-state index in [1.54, 1.807) is 13.4 Å². The topological polar surface area (TPSA) is 54.1 Å². The van der Waals surface area contributed by atoms with Gasteiger partial charge in [-0.25, -0.2) is 5.01 Å². The molecule has 0 bridgehead atoms. The van der Waals surface area contributed by atoms with Gasteiger partial charge in [-0.3, -0.25) is 0 Å². The van der Waals surface area contributed by atoms with Crippen LogP contribution in [0.4, 0.5) is 11.5 Å². The zero-order valence-electron chi connectivity index (χ0n) is 16.8. The first-order chi connectivity index (χ1) is 14.1. The Labute approximate surface area is 170 Å². The second kappa shape index (κ2) is 8.22. The van der Waals surface area contributed by atoms with Gasteiger partial charge in [-0.15, -0.1) is 0 Å². The summed E-state index contributed by atoms with van der Waals surface area (Å²) in [6.45, 7) is 0. The fourth-order valence-electron chi connectivity index (χ4n) is 3.31. The summed E-state index contributed by atoms with van der Waals surface area (Å²) in [5.41, 5.74) is 3.31. The van der Waals surface area contributed by atoms with Gasteiger partial charge in [-0.1, -0.05) is 18.2 Å². The fraction of sp³-hybridized carbons (Fsp3) is 0.217. The molecule has 0 spiro atoms. The molecule has 1 aliphatic heterocycles. The van der Waals surface area contributed by atoms with Crippen molar-refractivity contribution in [2.45, 2.75) is 12.5 Å². The molecule has 1 aliphatic rings. The van der Waals surface area contributed by atoms with E-state index in [0.717, 1.165) is 29.4 Å². The van der Waals surface area contributed by atoms with Gasteiger partial charge < -0.3 is 14.1 Å². The van der Waals surface area contributed by atoms with E-state index in [2.05, 4.69) is 34.1 Å². The largest absolute Gasteiger partial charge is 0.481 e. The van der Waals surface area contributed by atoms with Gasteiger partial charge in [0.15, 0.2) is 5.82 Å². The first-order valence-electron chi connectivity index (χ1n) is 9.50. The lowest BCUT2D eigenvalue weighted by Crippen LogP contribution is -2.20. The standard InChI is InChI=1S/C23H24N4O2/c1-26(2)19-12-9-17(10-13-19)21-16-18(11-14-20-6-5-15-29-20)25-27(21)22-7-4-8-23(24-22)28-3/h4-15,21H,16H2,1-3H3. The number of hydrogen-bond acceptors (Lipinski definition) is 6. The van der Waals surface area contributed by atoms with E-state index in [1.807, 2.05) is 61.6 Å². The highest BCUT2D eigenvalue weighted by Gasteiger charge is 2.29. The Hall–Kier alpha value is -3.54. The highest BCUT2D eigenvalue weighted by atomic mass is 16.5. The number of furan rings is 1. The van der Waals surface area contributed by atoms with Crippen molar-refractivity contribution in [3.8, 4) is 5.88 Å². The van der Waals surface area contributed by atoms with Gasteiger partial charge in [0.1, 0.15) is 5.76 Å². The van der Waals surface area contributed by atoms with Gasteiger partial charge in [0.25, 0.3) is 0 Å². The SMILES string of the molecule is COc1cccc(N2N=C(C=Cc3ccco3)CC2c2ccc(N(C)C)cc2)n1. The molecular formula is C23H24N4O2. The van der Waals surface area contributed by atoms with Crippen molar-refractivity contribution in [3.05, 3.63) is 78.3 Å². The van der Waals surface area contributed by atoms with Crippen molar-refractivity contribution < 1.29 is 9.15 Å². The first kappa shape index (κ1) is 18.8. The zero-order chi connectivity index (χ0) is 20.2. The van der Waals surface area contributed by atoms with Gasteiger partial charge in [-0.05, 0) is 48.0 Å². The summed E-state index contributed by atoms with van der Waals surface area (Å²) < 4.78 is 10.7. The Bertz CT molecular complexity index is 1010. The van der Waals surface area contributed by atoms with Crippen LogP contribution in [0.5, 0.6) is 5.88 Å². The molecule has 3 heterocycles. The molecule has 0 saturated heterocycles. The van der Waals surface area contributed by atoms with E-state index in [-0.39, 0.29) is 6.04 Å². The monoisotopic (exact) mass is 388 g/mol. The number of benzene rings is 1. The highest BCUT2D eigenvalue weighted by molar-refractivity contribution is 6.00. The predicted molar refractivity (Wildman–Crippen MR) is 117 cm³/mol. The maximum absolute atomic E-state index is 5.39. The molecule has 0 radical (unpaired) electrons. The van der Waals surface area contributed by atoms with Gasteiger partial charge in [0.05, 0.1) is 25.1 Å². The van der Waals surface area contributed by atoms with Crippen molar-refractivity contribution in [1.82, 2.24) is 4.98 Å². The molecule has 1 unspecified atom stereocenters. The van der Waals surface area contributed by atoms with Crippen LogP contribution < -0.4 is 14.6 Å². The number of hydrazone groups is 1. The average molecular weight is 388 g/mol. The van der Waals surface area contributed by atoms with E-state index in [9.17, 15) is 0 Å². The van der Waals surface area contributed by atoms with E-state index in [4.69, 9.17) is 14.3 Å². The summed E-state index contributed by atoms with van der Waals surface area (Å²) in [5.74, 6) is 2.13. The number of rotatable bonds is 6. The molecule has 0 fully saturated rings. The fourth-order valence-corrected chi connectivity index (χ4v) is 3.31. The lowest BCUT2D eigenvalue weighted by Gasteiger charge is -2.24. The van der Waals surface area contributed by atoms with Crippen molar-refractivity contribution >= 4 is 23.3 Å². The van der Waals surface area contributed by atoms with Crippen molar-refractivity contribution in [1.29, 1.82) is 0 Å². The molecule has 6 nitrogen and oxygen atoms in total. The minimum absolute atomic E-state index is 0.0575. The third-order valence-corrected chi connectivity index (χ3v) is 4.86. The minimum Gasteiger partial charge on any atom is -0.481 e. The maximum atomic E-state index is 5.39. The van der Waals surface area contributed by atoms with Crippen LogP contribution in [0, 0.1) is 0 Å². The molecule has 6 heteroatoms. The number of aromatic nitrogens is 1. The molecule has 0 aliphatic carbocycles. The number of allylic oxidation sites excluding steroid dienone is 1. The van der Waals surface area contributed by atoms with Gasteiger partial charge in [0.2, 0.25) is 5.88 Å². The summed E-state index contributed by atoms with van der Waals surface area (Å²) >= 11 is 0. The quantitative estimate of drug-likeness (QED) is 0.609. The molecular weight excluding hydrogens is 364 g/mol. The first-order valence-corrected chi connectivity index (χ1v) is 9.50. The smallest absolute Gasteiger partial charge is 0.214 e.